The third-order valence-corrected chi connectivity index (χ3v) is 4.61. The van der Waals surface area contributed by atoms with Gasteiger partial charge in [0.2, 0.25) is 16.7 Å². The van der Waals surface area contributed by atoms with E-state index in [9.17, 15) is 0 Å². The highest BCUT2D eigenvalue weighted by molar-refractivity contribution is 5.83. The number of hydrogen-bond acceptors (Lipinski definition) is 3. The highest BCUT2D eigenvalue weighted by atomic mass is 15.1. The molecule has 0 aliphatic heterocycles. The van der Waals surface area contributed by atoms with Gasteiger partial charge in [0.1, 0.15) is 11.0 Å². The Morgan fingerprint density at radius 1 is 0.536 bits per heavy atom. The van der Waals surface area contributed by atoms with Gasteiger partial charge in [0, 0.05) is 24.3 Å². The molecule has 0 amide bonds. The number of nitrogens with zero attached hydrogens (tertiary/aromatic N) is 4. The molecule has 0 saturated heterocycles. The Hall–Kier alpha value is -3.92. The molecule has 0 saturated carbocycles. The SMILES string of the molecule is c1ccc(/N=N/c2ccc3nc4ccccc4[n+](-c4ccccc4)c3c2)cc1. The smallest absolute Gasteiger partial charge is 0.235 e. The lowest BCUT2D eigenvalue weighted by Crippen LogP contribution is -2.33. The van der Waals surface area contributed by atoms with E-state index in [4.69, 9.17) is 4.98 Å². The van der Waals surface area contributed by atoms with Gasteiger partial charge in [0.25, 0.3) is 0 Å². The second kappa shape index (κ2) is 7.00. The zero-order valence-corrected chi connectivity index (χ0v) is 15.1. The third kappa shape index (κ3) is 3.01. The van der Waals surface area contributed by atoms with Gasteiger partial charge in [-0.3, -0.25) is 0 Å². The summed E-state index contributed by atoms with van der Waals surface area (Å²) in [6.07, 6.45) is 0. The van der Waals surface area contributed by atoms with Crippen LogP contribution in [0.15, 0.2) is 113 Å². The maximum atomic E-state index is 4.83. The molecule has 0 radical (unpaired) electrons. The van der Waals surface area contributed by atoms with Crippen molar-refractivity contribution < 1.29 is 4.57 Å². The van der Waals surface area contributed by atoms with Crippen LogP contribution in [0.25, 0.3) is 27.8 Å². The summed E-state index contributed by atoms with van der Waals surface area (Å²) in [6, 6.07) is 34.2. The van der Waals surface area contributed by atoms with Crippen molar-refractivity contribution in [2.45, 2.75) is 0 Å². The molecular weight excluding hydrogens is 344 g/mol. The van der Waals surface area contributed by atoms with Crippen molar-refractivity contribution in [2.75, 3.05) is 0 Å². The van der Waals surface area contributed by atoms with E-state index in [0.717, 1.165) is 39.1 Å². The minimum absolute atomic E-state index is 0.790. The van der Waals surface area contributed by atoms with Crippen LogP contribution in [-0.4, -0.2) is 4.98 Å². The average Bonchev–Trinajstić information content (AvgIpc) is 2.77. The average molecular weight is 361 g/mol. The number of azo groups is 1. The summed E-state index contributed by atoms with van der Waals surface area (Å²) < 4.78 is 2.22. The van der Waals surface area contributed by atoms with Crippen molar-refractivity contribution in [1.29, 1.82) is 0 Å². The van der Waals surface area contributed by atoms with E-state index in [1.807, 2.05) is 84.9 Å². The van der Waals surface area contributed by atoms with E-state index in [1.54, 1.807) is 0 Å². The second-order valence-electron chi connectivity index (χ2n) is 6.48. The van der Waals surface area contributed by atoms with Gasteiger partial charge in [-0.1, -0.05) is 48.5 Å². The maximum absolute atomic E-state index is 4.83. The van der Waals surface area contributed by atoms with Gasteiger partial charge in [0.05, 0.1) is 11.4 Å². The highest BCUT2D eigenvalue weighted by Gasteiger charge is 2.19. The van der Waals surface area contributed by atoms with Crippen molar-refractivity contribution in [1.82, 2.24) is 4.98 Å². The molecule has 4 heteroatoms. The van der Waals surface area contributed by atoms with Crippen molar-refractivity contribution in [3.63, 3.8) is 0 Å². The number of fused-ring (bicyclic) bond motifs is 2. The number of hydrogen-bond donors (Lipinski definition) is 0. The molecule has 1 heterocycles. The van der Waals surface area contributed by atoms with Gasteiger partial charge in [-0.25, -0.2) is 4.98 Å². The zero-order chi connectivity index (χ0) is 18.8. The standard InChI is InChI=1S/C24H17N4/c1-3-9-18(10-4-1)26-27-19-15-16-22-24(17-19)28(20-11-5-2-6-12-20)23-14-8-7-13-21(23)25-22/h1-17H/q+1. The summed E-state index contributed by atoms with van der Waals surface area (Å²) in [5.41, 5.74) is 6.63. The van der Waals surface area contributed by atoms with E-state index in [1.165, 1.54) is 0 Å². The predicted molar refractivity (Wildman–Crippen MR) is 111 cm³/mol. The summed E-state index contributed by atoms with van der Waals surface area (Å²) in [6.45, 7) is 0. The predicted octanol–water partition coefficient (Wildman–Crippen LogP) is 6.08. The molecule has 0 fully saturated rings. The molecule has 4 aromatic carbocycles. The summed E-state index contributed by atoms with van der Waals surface area (Å²) in [5, 5.41) is 8.77. The number of para-hydroxylation sites is 3. The van der Waals surface area contributed by atoms with Gasteiger partial charge in [-0.2, -0.15) is 10.2 Å². The fraction of sp³-hybridized carbons (Fsp3) is 0. The molecule has 5 aromatic rings. The molecule has 0 unspecified atom stereocenters. The first-order chi connectivity index (χ1) is 13.9. The Morgan fingerprint density at radius 3 is 2.00 bits per heavy atom. The van der Waals surface area contributed by atoms with Crippen LogP contribution in [0.5, 0.6) is 0 Å². The molecular formula is C24H17N4+. The van der Waals surface area contributed by atoms with E-state index in [0.29, 0.717) is 0 Å². The van der Waals surface area contributed by atoms with Crippen LogP contribution in [0.1, 0.15) is 0 Å². The lowest BCUT2D eigenvalue weighted by Gasteiger charge is -2.05. The molecule has 0 atom stereocenters. The normalized spacial score (nSPS) is 11.4. The van der Waals surface area contributed by atoms with E-state index in [2.05, 4.69) is 33.0 Å². The fourth-order valence-corrected chi connectivity index (χ4v) is 3.32. The Labute approximate surface area is 162 Å². The molecule has 0 bridgehead atoms. The van der Waals surface area contributed by atoms with Crippen LogP contribution < -0.4 is 4.57 Å². The Bertz CT molecular complexity index is 1300. The first-order valence-corrected chi connectivity index (χ1v) is 9.15. The van der Waals surface area contributed by atoms with E-state index < -0.39 is 0 Å². The van der Waals surface area contributed by atoms with Crippen LogP contribution in [0.3, 0.4) is 0 Å². The van der Waals surface area contributed by atoms with Gasteiger partial charge >= 0.3 is 0 Å². The van der Waals surface area contributed by atoms with Gasteiger partial charge in [-0.05, 0) is 30.3 Å². The number of rotatable bonds is 3. The molecule has 1 aromatic heterocycles. The van der Waals surface area contributed by atoms with Crippen LogP contribution in [0.4, 0.5) is 11.4 Å². The van der Waals surface area contributed by atoms with Crippen LogP contribution in [-0.2, 0) is 0 Å². The topological polar surface area (TPSA) is 41.5 Å². The second-order valence-corrected chi connectivity index (χ2v) is 6.48. The minimum Gasteiger partial charge on any atom is -0.235 e. The van der Waals surface area contributed by atoms with Crippen LogP contribution in [0.2, 0.25) is 0 Å². The molecule has 0 spiro atoms. The first-order valence-electron chi connectivity index (χ1n) is 9.15. The lowest BCUT2D eigenvalue weighted by molar-refractivity contribution is -0.538. The molecule has 5 rings (SSSR count). The monoisotopic (exact) mass is 361 g/mol. The third-order valence-electron chi connectivity index (χ3n) is 4.61. The summed E-state index contributed by atoms with van der Waals surface area (Å²) in [5.74, 6) is 0. The molecule has 4 nitrogen and oxygen atoms in total. The molecule has 0 N–H and O–H groups in total. The Kier molecular flexibility index (Phi) is 4.07. The van der Waals surface area contributed by atoms with Gasteiger partial charge in [-0.15, -0.1) is 4.57 Å². The lowest BCUT2D eigenvalue weighted by atomic mass is 10.2. The van der Waals surface area contributed by atoms with Gasteiger partial charge < -0.3 is 0 Å². The quantitative estimate of drug-likeness (QED) is 0.218. The van der Waals surface area contributed by atoms with Crippen molar-refractivity contribution >= 4 is 33.4 Å². The largest absolute Gasteiger partial charge is 0.239 e. The Balaban J connectivity index is 1.74. The molecule has 132 valence electrons. The summed E-state index contributed by atoms with van der Waals surface area (Å²) in [4.78, 5) is 4.83. The summed E-state index contributed by atoms with van der Waals surface area (Å²) in [7, 11) is 0. The van der Waals surface area contributed by atoms with Crippen molar-refractivity contribution in [2.24, 2.45) is 10.2 Å². The van der Waals surface area contributed by atoms with Crippen molar-refractivity contribution in [3.8, 4) is 5.69 Å². The van der Waals surface area contributed by atoms with Gasteiger partial charge in [0.15, 0.2) is 0 Å². The summed E-state index contributed by atoms with van der Waals surface area (Å²) >= 11 is 0. The fourth-order valence-electron chi connectivity index (χ4n) is 3.32. The Morgan fingerprint density at radius 2 is 1.18 bits per heavy atom. The highest BCUT2D eigenvalue weighted by Crippen LogP contribution is 2.23. The van der Waals surface area contributed by atoms with Crippen LogP contribution >= 0.6 is 0 Å². The zero-order valence-electron chi connectivity index (χ0n) is 15.1. The number of benzene rings is 4. The van der Waals surface area contributed by atoms with Crippen LogP contribution in [0, 0.1) is 0 Å². The van der Waals surface area contributed by atoms with E-state index >= 15 is 0 Å². The first kappa shape index (κ1) is 16.3. The molecule has 0 aliphatic rings. The van der Waals surface area contributed by atoms with E-state index in [-0.39, 0.29) is 0 Å². The maximum Gasteiger partial charge on any atom is 0.239 e. The molecule has 0 aliphatic carbocycles. The number of aromatic nitrogens is 2. The molecule has 28 heavy (non-hydrogen) atoms. The van der Waals surface area contributed by atoms with Crippen molar-refractivity contribution in [3.05, 3.63) is 103 Å². The minimum atomic E-state index is 0.790.